The van der Waals surface area contributed by atoms with Gasteiger partial charge in [-0.05, 0) is 104 Å². The number of rotatable bonds is 30. The smallest absolute Gasteiger partial charge is 0.303 e. The van der Waals surface area contributed by atoms with E-state index in [4.69, 9.17) is 18.9 Å². The molecule has 0 radical (unpaired) electrons. The van der Waals surface area contributed by atoms with Crippen molar-refractivity contribution >= 4 is 95.2 Å². The molecule has 0 saturated carbocycles. The molecule has 0 aromatic heterocycles. The van der Waals surface area contributed by atoms with Crippen LogP contribution in [0.25, 0.3) is 21.5 Å². The normalized spacial score (nSPS) is 18.8. The number of ether oxygens (including phenoxy) is 4. The SMILES string of the molecule is COCCOCCC1(C)C(/C=C/C=C/C=C/C=C2/N(CCCCCC(=O)O)c3ccc4c(S(=O)(=O)[O-])cc(S(=O)(=O)[O-])cc4c3C2(C)CCOCCOC)=[N+](CCCS(=O)(=O)O)c2ccc3c(S(=O)(=O)[O-])cc(S(=O)(=O)[O-])cc3c21. The number of carbonyl (C=O) groups is 1. The van der Waals surface area contributed by atoms with E-state index in [1.807, 2.05) is 11.8 Å². The van der Waals surface area contributed by atoms with Gasteiger partial charge >= 0.3 is 5.97 Å². The topological polar surface area (TPSA) is 364 Å². The summed E-state index contributed by atoms with van der Waals surface area (Å²) in [5, 5.41) is 8.97. The second kappa shape index (κ2) is 25.9. The molecule has 2 heterocycles. The Bertz CT molecular complexity index is 3760. The van der Waals surface area contributed by atoms with Gasteiger partial charge in [0.25, 0.3) is 10.1 Å². The number of aliphatic carboxylic acids is 1. The lowest BCUT2D eigenvalue weighted by molar-refractivity contribution is -0.437. The van der Waals surface area contributed by atoms with Crippen molar-refractivity contribution in [3.63, 3.8) is 0 Å². The molecule has 2 aliphatic heterocycles. The van der Waals surface area contributed by atoms with Crippen LogP contribution in [0.4, 0.5) is 11.4 Å². The summed E-state index contributed by atoms with van der Waals surface area (Å²) < 4.78 is 208. The highest BCUT2D eigenvalue weighted by molar-refractivity contribution is 7.87. The molecule has 2 unspecified atom stereocenters. The molecule has 438 valence electrons. The van der Waals surface area contributed by atoms with Crippen LogP contribution in [0.3, 0.4) is 0 Å². The van der Waals surface area contributed by atoms with Gasteiger partial charge in [-0.1, -0.05) is 42.9 Å². The quantitative estimate of drug-likeness (QED) is 0.0288. The first-order valence-corrected chi connectivity index (χ1v) is 32.1. The Hall–Kier alpha value is -5.31. The van der Waals surface area contributed by atoms with Gasteiger partial charge in [0.1, 0.15) is 47.0 Å². The molecule has 2 N–H and O–H groups in total. The fraction of sp³-hybridized carbons (Fsp3) is 0.423. The van der Waals surface area contributed by atoms with Gasteiger partial charge in [-0.15, -0.1) is 0 Å². The fourth-order valence-electron chi connectivity index (χ4n) is 10.3. The number of hydrogen-bond acceptors (Lipinski definition) is 20. The number of fused-ring (bicyclic) bond motifs is 6. The lowest BCUT2D eigenvalue weighted by Crippen LogP contribution is -2.33. The lowest BCUT2D eigenvalue weighted by atomic mass is 9.75. The number of methoxy groups -OCH3 is 2. The van der Waals surface area contributed by atoms with Crippen LogP contribution < -0.4 is 4.90 Å². The molecule has 2 atom stereocenters. The third-order valence-electron chi connectivity index (χ3n) is 14.0. The van der Waals surface area contributed by atoms with E-state index >= 15 is 0 Å². The fourth-order valence-corrected chi connectivity index (χ4v) is 13.5. The monoisotopic (exact) mass is 1210 g/mol. The second-order valence-electron chi connectivity index (χ2n) is 19.4. The highest BCUT2D eigenvalue weighted by Crippen LogP contribution is 2.54. The minimum Gasteiger partial charge on any atom is -0.744 e. The standard InChI is InChI=1S/C52H64N2O21S5/c1-51(21-25-74-29-27-72-3)46(53(23-12-8-11-16-48(55)56)42-19-17-38-40(49(42)51)32-36(77(60,61)62)34-44(38)79(66,67)68)14-9-6-5-7-10-15-47-52(2,22-26-75-30-28-73-4)50-41-33-37(78(63,64)65)35-45(80(69,70)71)39(41)18-20-43(50)54(47)24-13-31-76(57,58)59/h5-7,9-10,14-15,17-20,32-35H,8,11-13,16,21-31H2,1-4H3,(H5-,55,56,57,58,59,60,61,62,63,64,65,66,67,68,69,70,71)/p-3. The molecule has 80 heavy (non-hydrogen) atoms. The zero-order chi connectivity index (χ0) is 59.1. The number of allylic oxidation sites excluding steroid dienone is 8. The maximum Gasteiger partial charge on any atom is 0.303 e. The molecule has 23 nitrogen and oxygen atoms in total. The second-order valence-corrected chi connectivity index (χ2v) is 26.4. The van der Waals surface area contributed by atoms with Gasteiger partial charge < -0.3 is 47.2 Å². The van der Waals surface area contributed by atoms with E-state index < -0.39 is 92.7 Å². The molecule has 0 bridgehead atoms. The summed E-state index contributed by atoms with van der Waals surface area (Å²) in [4.78, 5) is 9.51. The Balaban J connectivity index is 1.49. The summed E-state index contributed by atoms with van der Waals surface area (Å²) in [6, 6.07) is 8.83. The Labute approximate surface area is 465 Å². The van der Waals surface area contributed by atoms with E-state index in [0.29, 0.717) is 65.3 Å². The van der Waals surface area contributed by atoms with Crippen LogP contribution in [-0.2, 0) is 85.2 Å². The first-order chi connectivity index (χ1) is 37.4. The summed E-state index contributed by atoms with van der Waals surface area (Å²) in [5.41, 5.74) is 0.217. The van der Waals surface area contributed by atoms with Gasteiger partial charge in [0.2, 0.25) is 5.69 Å². The first-order valence-electron chi connectivity index (χ1n) is 24.9. The summed E-state index contributed by atoms with van der Waals surface area (Å²) in [5.74, 6) is -1.63. The number of benzene rings is 4. The van der Waals surface area contributed by atoms with E-state index in [1.165, 1.54) is 32.4 Å². The van der Waals surface area contributed by atoms with Crippen molar-refractivity contribution in [2.75, 3.05) is 77.6 Å². The van der Waals surface area contributed by atoms with Gasteiger partial charge in [-0.25, -0.2) is 33.7 Å². The van der Waals surface area contributed by atoms with E-state index in [1.54, 1.807) is 60.1 Å². The number of nitrogens with zero attached hydrogens (tertiary/aromatic N) is 2. The molecule has 28 heteroatoms. The van der Waals surface area contributed by atoms with Gasteiger partial charge in [0.15, 0.2) is 5.71 Å². The van der Waals surface area contributed by atoms with Gasteiger partial charge in [-0.3, -0.25) is 9.35 Å². The molecule has 4 aromatic carbocycles. The molecule has 2 aliphatic rings. The van der Waals surface area contributed by atoms with Crippen molar-refractivity contribution in [3.8, 4) is 0 Å². The number of hydrogen-bond donors (Lipinski definition) is 2. The van der Waals surface area contributed by atoms with Crippen molar-refractivity contribution in [1.29, 1.82) is 0 Å². The molecule has 0 fully saturated rings. The molecule has 0 amide bonds. The van der Waals surface area contributed by atoms with Crippen molar-refractivity contribution in [3.05, 3.63) is 108 Å². The molecule has 4 aromatic rings. The van der Waals surface area contributed by atoms with Crippen LogP contribution >= 0.6 is 0 Å². The van der Waals surface area contributed by atoms with E-state index in [0.717, 1.165) is 12.1 Å². The van der Waals surface area contributed by atoms with Crippen LogP contribution in [0.5, 0.6) is 0 Å². The molecule has 0 saturated heterocycles. The van der Waals surface area contributed by atoms with Crippen LogP contribution in [0.1, 0.15) is 69.9 Å². The zero-order valence-electron chi connectivity index (χ0n) is 44.1. The Kier molecular flexibility index (Phi) is 20.7. The third-order valence-corrected chi connectivity index (χ3v) is 18.2. The van der Waals surface area contributed by atoms with E-state index in [2.05, 4.69) is 0 Å². The maximum atomic E-state index is 12.7. The van der Waals surface area contributed by atoms with Crippen LogP contribution in [0.15, 0.2) is 116 Å². The largest absolute Gasteiger partial charge is 0.744 e. The number of carboxylic acid groups (broad SMARTS) is 1. The summed E-state index contributed by atoms with van der Waals surface area (Å²) in [6.45, 7) is 4.77. The molecular weight excluding hydrogens is 1150 g/mol. The van der Waals surface area contributed by atoms with Crippen LogP contribution in [-0.4, -0.2) is 159 Å². The van der Waals surface area contributed by atoms with Gasteiger partial charge in [0.05, 0.1) is 57.2 Å². The minimum atomic E-state index is -5.38. The van der Waals surface area contributed by atoms with Crippen molar-refractivity contribution in [2.45, 2.75) is 89.2 Å². The summed E-state index contributed by atoms with van der Waals surface area (Å²) >= 11 is 0. The van der Waals surface area contributed by atoms with Crippen molar-refractivity contribution < 1.29 is 98.3 Å². The molecular formula is C52H61N2O21S5-3. The van der Waals surface area contributed by atoms with Gasteiger partial charge in [0, 0.05) is 86.7 Å². The lowest BCUT2D eigenvalue weighted by Gasteiger charge is -2.31. The predicted molar refractivity (Wildman–Crippen MR) is 289 cm³/mol. The third kappa shape index (κ3) is 15.0. The Morgan fingerprint density at radius 1 is 0.613 bits per heavy atom. The maximum absolute atomic E-state index is 12.7. The van der Waals surface area contributed by atoms with Crippen LogP contribution in [0, 0.1) is 0 Å². The molecule has 6 rings (SSSR count). The molecule has 0 spiro atoms. The first kappa shape index (κ1) is 63.9. The number of unbranched alkanes of at least 4 members (excludes halogenated alkanes) is 2. The number of carboxylic acids is 1. The Morgan fingerprint density at radius 3 is 1.66 bits per heavy atom. The number of anilines is 1. The van der Waals surface area contributed by atoms with Crippen LogP contribution in [0.2, 0.25) is 0 Å². The van der Waals surface area contributed by atoms with E-state index in [9.17, 15) is 74.8 Å². The Morgan fingerprint density at radius 2 is 1.14 bits per heavy atom. The summed E-state index contributed by atoms with van der Waals surface area (Å²) in [7, 11) is -22.9. The highest BCUT2D eigenvalue weighted by Gasteiger charge is 2.49. The minimum absolute atomic E-state index is 0.0217. The van der Waals surface area contributed by atoms with E-state index in [-0.39, 0.29) is 100.0 Å². The molecule has 0 aliphatic carbocycles. The van der Waals surface area contributed by atoms with Crippen molar-refractivity contribution in [1.82, 2.24) is 0 Å². The van der Waals surface area contributed by atoms with Gasteiger partial charge in [-0.2, -0.15) is 13.0 Å². The predicted octanol–water partition coefficient (Wildman–Crippen LogP) is 5.33. The average Bonchev–Trinajstić information content (AvgIpc) is 3.51. The average molecular weight is 1210 g/mol. The highest BCUT2D eigenvalue weighted by atomic mass is 32.2. The van der Waals surface area contributed by atoms with Crippen molar-refractivity contribution in [2.24, 2.45) is 0 Å². The zero-order valence-corrected chi connectivity index (χ0v) is 48.1. The summed E-state index contributed by atoms with van der Waals surface area (Å²) in [6.07, 6.45) is 13.1.